The Morgan fingerprint density at radius 1 is 1.47 bits per heavy atom. The molecule has 0 heterocycles. The fourth-order valence-electron chi connectivity index (χ4n) is 0.975. The van der Waals surface area contributed by atoms with Crippen LogP contribution in [0.4, 0.5) is 14.5 Å². The minimum Gasteiger partial charge on any atom is -0.321 e. The van der Waals surface area contributed by atoms with Crippen LogP contribution in [0.15, 0.2) is 18.2 Å². The molecule has 0 aliphatic rings. The second-order valence-electron chi connectivity index (χ2n) is 3.25. The molecule has 1 N–H and O–H groups in total. The molecule has 0 atom stereocenters. The standard InChI is InChI=1S/C10H10F2INO/c1-6-7(13)4-3-5-8(6)14-9(15)10(2,11)12/h3-5H,1-2H3,(H,14,15). The van der Waals surface area contributed by atoms with Gasteiger partial charge in [0, 0.05) is 16.2 Å². The summed E-state index contributed by atoms with van der Waals surface area (Å²) < 4.78 is 26.2. The molecule has 0 fully saturated rings. The maximum atomic E-state index is 12.6. The first-order chi connectivity index (χ1) is 6.82. The molecule has 1 aromatic rings. The van der Waals surface area contributed by atoms with Crippen molar-refractivity contribution >= 4 is 34.2 Å². The van der Waals surface area contributed by atoms with Gasteiger partial charge in [-0.2, -0.15) is 8.78 Å². The summed E-state index contributed by atoms with van der Waals surface area (Å²) in [6.45, 7) is 2.34. The van der Waals surface area contributed by atoms with E-state index in [2.05, 4.69) is 27.9 Å². The number of halogens is 3. The topological polar surface area (TPSA) is 29.1 Å². The highest BCUT2D eigenvalue weighted by Gasteiger charge is 2.32. The Labute approximate surface area is 100 Å². The van der Waals surface area contributed by atoms with Crippen molar-refractivity contribution in [1.29, 1.82) is 0 Å². The van der Waals surface area contributed by atoms with E-state index in [0.29, 0.717) is 12.6 Å². The fraction of sp³-hybridized carbons (Fsp3) is 0.300. The van der Waals surface area contributed by atoms with Gasteiger partial charge < -0.3 is 5.32 Å². The van der Waals surface area contributed by atoms with Crippen molar-refractivity contribution in [3.05, 3.63) is 27.3 Å². The van der Waals surface area contributed by atoms with E-state index >= 15 is 0 Å². The maximum absolute atomic E-state index is 12.6. The first-order valence-corrected chi connectivity index (χ1v) is 5.34. The van der Waals surface area contributed by atoms with Crippen molar-refractivity contribution < 1.29 is 13.6 Å². The average molecular weight is 325 g/mol. The average Bonchev–Trinajstić information content (AvgIpc) is 2.11. The zero-order valence-corrected chi connectivity index (χ0v) is 10.4. The molecular weight excluding hydrogens is 315 g/mol. The largest absolute Gasteiger partial charge is 0.322 e. The van der Waals surface area contributed by atoms with Gasteiger partial charge in [-0.3, -0.25) is 4.79 Å². The summed E-state index contributed by atoms with van der Waals surface area (Å²) in [7, 11) is 0. The van der Waals surface area contributed by atoms with Crippen LogP contribution >= 0.6 is 22.6 Å². The molecule has 0 aromatic heterocycles. The van der Waals surface area contributed by atoms with Crippen molar-refractivity contribution in [3.8, 4) is 0 Å². The second-order valence-corrected chi connectivity index (χ2v) is 4.42. The van der Waals surface area contributed by atoms with Gasteiger partial charge in [0.25, 0.3) is 5.91 Å². The molecule has 0 aliphatic heterocycles. The molecule has 2 nitrogen and oxygen atoms in total. The van der Waals surface area contributed by atoms with Crippen molar-refractivity contribution in [1.82, 2.24) is 0 Å². The van der Waals surface area contributed by atoms with Crippen LogP contribution in [0.5, 0.6) is 0 Å². The van der Waals surface area contributed by atoms with Crippen LogP contribution < -0.4 is 5.32 Å². The van der Waals surface area contributed by atoms with E-state index in [9.17, 15) is 13.6 Å². The summed E-state index contributed by atoms with van der Waals surface area (Å²) in [4.78, 5) is 11.0. The van der Waals surface area contributed by atoms with E-state index < -0.39 is 11.8 Å². The van der Waals surface area contributed by atoms with E-state index in [1.54, 1.807) is 19.1 Å². The smallest absolute Gasteiger partial charge is 0.321 e. The van der Waals surface area contributed by atoms with E-state index in [4.69, 9.17) is 0 Å². The van der Waals surface area contributed by atoms with Gasteiger partial charge in [0.2, 0.25) is 0 Å². The van der Waals surface area contributed by atoms with Crippen molar-refractivity contribution in [3.63, 3.8) is 0 Å². The highest BCUT2D eigenvalue weighted by Crippen LogP contribution is 2.22. The Balaban J connectivity index is 2.91. The minimum absolute atomic E-state index is 0.424. The molecule has 1 aromatic carbocycles. The van der Waals surface area contributed by atoms with Crippen LogP contribution in [0.3, 0.4) is 0 Å². The normalized spacial score (nSPS) is 11.3. The SMILES string of the molecule is Cc1c(I)cccc1NC(=O)C(C)(F)F. The van der Waals surface area contributed by atoms with Gasteiger partial charge in [0.05, 0.1) is 0 Å². The summed E-state index contributed by atoms with van der Waals surface area (Å²) in [6, 6.07) is 5.15. The third kappa shape index (κ3) is 3.12. The van der Waals surface area contributed by atoms with Gasteiger partial charge in [0.1, 0.15) is 0 Å². The zero-order valence-electron chi connectivity index (χ0n) is 8.27. The fourth-order valence-corrected chi connectivity index (χ4v) is 1.47. The Morgan fingerprint density at radius 3 is 2.60 bits per heavy atom. The van der Waals surface area contributed by atoms with E-state index in [1.807, 2.05) is 6.07 Å². The molecule has 0 bridgehead atoms. The van der Waals surface area contributed by atoms with Crippen molar-refractivity contribution in [2.24, 2.45) is 0 Å². The molecule has 0 spiro atoms. The van der Waals surface area contributed by atoms with Crippen LogP contribution in [-0.4, -0.2) is 11.8 Å². The Kier molecular flexibility index (Phi) is 3.64. The Bertz CT molecular complexity index is 387. The van der Waals surface area contributed by atoms with Crippen molar-refractivity contribution in [2.45, 2.75) is 19.8 Å². The number of alkyl halides is 2. The van der Waals surface area contributed by atoms with Gasteiger partial charge in [-0.25, -0.2) is 0 Å². The lowest BCUT2D eigenvalue weighted by atomic mass is 10.2. The first-order valence-electron chi connectivity index (χ1n) is 4.27. The number of carbonyl (C=O) groups is 1. The molecule has 0 saturated carbocycles. The number of anilines is 1. The summed E-state index contributed by atoms with van der Waals surface area (Å²) in [6.07, 6.45) is 0. The summed E-state index contributed by atoms with van der Waals surface area (Å²) >= 11 is 2.08. The summed E-state index contributed by atoms with van der Waals surface area (Å²) in [5.41, 5.74) is 1.21. The molecular formula is C10H10F2INO. The van der Waals surface area contributed by atoms with E-state index in [0.717, 1.165) is 9.13 Å². The molecule has 0 radical (unpaired) electrons. The number of carbonyl (C=O) groups excluding carboxylic acids is 1. The van der Waals surface area contributed by atoms with Crippen LogP contribution in [0, 0.1) is 10.5 Å². The second kappa shape index (κ2) is 4.42. The predicted octanol–water partition coefficient (Wildman–Crippen LogP) is 3.19. The lowest BCUT2D eigenvalue weighted by molar-refractivity contribution is -0.137. The van der Waals surface area contributed by atoms with Gasteiger partial charge in [-0.15, -0.1) is 0 Å². The molecule has 15 heavy (non-hydrogen) atoms. The highest BCUT2D eigenvalue weighted by atomic mass is 127. The first kappa shape index (κ1) is 12.4. The van der Waals surface area contributed by atoms with Crippen LogP contribution in [0.2, 0.25) is 0 Å². The summed E-state index contributed by atoms with van der Waals surface area (Å²) in [5.74, 6) is -4.64. The quantitative estimate of drug-likeness (QED) is 0.832. The minimum atomic E-state index is -3.35. The lowest BCUT2D eigenvalue weighted by Crippen LogP contribution is -2.31. The molecule has 82 valence electrons. The molecule has 0 aliphatic carbocycles. The van der Waals surface area contributed by atoms with Crippen molar-refractivity contribution in [2.75, 3.05) is 5.32 Å². The monoisotopic (exact) mass is 325 g/mol. The Hall–Kier alpha value is -0.720. The van der Waals surface area contributed by atoms with Gasteiger partial charge in [-0.1, -0.05) is 6.07 Å². The Morgan fingerprint density at radius 2 is 2.07 bits per heavy atom. The van der Waals surface area contributed by atoms with Crippen LogP contribution in [-0.2, 0) is 4.79 Å². The number of amides is 1. The molecule has 5 heteroatoms. The zero-order chi connectivity index (χ0) is 11.6. The molecule has 1 amide bonds. The van der Waals surface area contributed by atoms with Gasteiger partial charge in [-0.05, 0) is 47.2 Å². The predicted molar refractivity (Wildman–Crippen MR) is 63.1 cm³/mol. The van der Waals surface area contributed by atoms with Crippen LogP contribution in [0.1, 0.15) is 12.5 Å². The molecule has 0 unspecified atom stereocenters. The lowest BCUT2D eigenvalue weighted by Gasteiger charge is -2.13. The number of nitrogens with one attached hydrogen (secondary N) is 1. The number of hydrogen-bond donors (Lipinski definition) is 1. The highest BCUT2D eigenvalue weighted by molar-refractivity contribution is 14.1. The van der Waals surface area contributed by atoms with Crippen LogP contribution in [0.25, 0.3) is 0 Å². The molecule has 1 rings (SSSR count). The number of hydrogen-bond acceptors (Lipinski definition) is 1. The third-order valence-corrected chi connectivity index (χ3v) is 3.08. The van der Waals surface area contributed by atoms with Gasteiger partial charge >= 0.3 is 5.92 Å². The third-order valence-electron chi connectivity index (χ3n) is 1.91. The van der Waals surface area contributed by atoms with Gasteiger partial charge in [0.15, 0.2) is 0 Å². The van der Waals surface area contributed by atoms with E-state index in [-0.39, 0.29) is 0 Å². The summed E-state index contributed by atoms with van der Waals surface area (Å²) in [5, 5.41) is 2.20. The van der Waals surface area contributed by atoms with E-state index in [1.165, 1.54) is 0 Å². The number of benzene rings is 1. The maximum Gasteiger partial charge on any atom is 0.322 e. The molecule has 0 saturated heterocycles. The number of rotatable bonds is 2.